The van der Waals surface area contributed by atoms with E-state index < -0.39 is 0 Å². The van der Waals surface area contributed by atoms with Crippen LogP contribution in [0.5, 0.6) is 0 Å². The van der Waals surface area contributed by atoms with E-state index in [1.807, 2.05) is 18.9 Å². The maximum atomic E-state index is 11.5. The molecule has 1 unspecified atom stereocenters. The van der Waals surface area contributed by atoms with Crippen molar-refractivity contribution in [1.29, 1.82) is 0 Å². The van der Waals surface area contributed by atoms with E-state index in [4.69, 9.17) is 0 Å². The zero-order valence-electron chi connectivity index (χ0n) is 8.76. The molecule has 0 saturated heterocycles. The molecule has 12 heavy (non-hydrogen) atoms. The summed E-state index contributed by atoms with van der Waals surface area (Å²) >= 11 is 0. The molecule has 0 rings (SSSR count). The van der Waals surface area contributed by atoms with E-state index in [-0.39, 0.29) is 11.8 Å². The topological polar surface area (TPSA) is 20.3 Å². The molecule has 2 nitrogen and oxygen atoms in total. The monoisotopic (exact) mass is 171 g/mol. The Hall–Kier alpha value is -0.530. The molecule has 1 atom stereocenters. The third-order valence-corrected chi connectivity index (χ3v) is 2.26. The second-order valence-corrected chi connectivity index (χ2v) is 3.42. The predicted molar refractivity (Wildman–Crippen MR) is 52.0 cm³/mol. The van der Waals surface area contributed by atoms with E-state index in [2.05, 4.69) is 13.8 Å². The van der Waals surface area contributed by atoms with Crippen molar-refractivity contribution in [3.8, 4) is 0 Å². The molecule has 0 radical (unpaired) electrons. The van der Waals surface area contributed by atoms with Crippen LogP contribution in [0.1, 0.15) is 40.0 Å². The Morgan fingerprint density at radius 3 is 2.42 bits per heavy atom. The van der Waals surface area contributed by atoms with Crippen molar-refractivity contribution < 1.29 is 4.79 Å². The van der Waals surface area contributed by atoms with Crippen LogP contribution in [0.4, 0.5) is 0 Å². The average Bonchev–Trinajstić information content (AvgIpc) is 2.11. The minimum atomic E-state index is 0.187. The first-order chi connectivity index (χ1) is 5.63. The van der Waals surface area contributed by atoms with Crippen LogP contribution in [0, 0.1) is 5.92 Å². The van der Waals surface area contributed by atoms with Crippen LogP contribution in [-0.4, -0.2) is 24.4 Å². The molecule has 2 heteroatoms. The molecule has 0 aliphatic rings. The summed E-state index contributed by atoms with van der Waals surface area (Å²) in [7, 11) is 1.89. The van der Waals surface area contributed by atoms with E-state index in [1.54, 1.807) is 0 Å². The first-order valence-electron chi connectivity index (χ1n) is 4.88. The van der Waals surface area contributed by atoms with Crippen molar-refractivity contribution in [2.24, 2.45) is 5.92 Å². The van der Waals surface area contributed by atoms with Gasteiger partial charge in [0, 0.05) is 19.5 Å². The highest BCUT2D eigenvalue weighted by Crippen LogP contribution is 2.05. The maximum absolute atomic E-state index is 11.5. The van der Waals surface area contributed by atoms with Gasteiger partial charge < -0.3 is 4.90 Å². The van der Waals surface area contributed by atoms with Crippen LogP contribution in [-0.2, 0) is 4.79 Å². The quantitative estimate of drug-likeness (QED) is 0.621. The maximum Gasteiger partial charge on any atom is 0.225 e. The molecule has 0 aromatic heterocycles. The highest BCUT2D eigenvalue weighted by Gasteiger charge is 2.14. The number of unbranched alkanes of at least 4 members (excludes halogenated alkanes) is 1. The summed E-state index contributed by atoms with van der Waals surface area (Å²) in [6.45, 7) is 7.09. The van der Waals surface area contributed by atoms with Gasteiger partial charge in [-0.15, -0.1) is 0 Å². The summed E-state index contributed by atoms with van der Waals surface area (Å²) in [5, 5.41) is 0. The highest BCUT2D eigenvalue weighted by atomic mass is 16.2. The number of amides is 1. The molecule has 0 fully saturated rings. The van der Waals surface area contributed by atoms with Crippen LogP contribution < -0.4 is 0 Å². The summed E-state index contributed by atoms with van der Waals surface area (Å²) in [4.78, 5) is 13.4. The minimum Gasteiger partial charge on any atom is -0.346 e. The Bertz CT molecular complexity index is 134. The Morgan fingerprint density at radius 1 is 1.42 bits per heavy atom. The smallest absolute Gasteiger partial charge is 0.225 e. The number of rotatable bonds is 5. The molecule has 0 heterocycles. The van der Waals surface area contributed by atoms with Crippen LogP contribution >= 0.6 is 0 Å². The van der Waals surface area contributed by atoms with E-state index >= 15 is 0 Å². The van der Waals surface area contributed by atoms with Crippen molar-refractivity contribution >= 4 is 5.91 Å². The van der Waals surface area contributed by atoms with Gasteiger partial charge >= 0.3 is 0 Å². The fourth-order valence-corrected chi connectivity index (χ4v) is 1.06. The zero-order chi connectivity index (χ0) is 9.56. The number of hydrogen-bond donors (Lipinski definition) is 0. The Kier molecular flexibility index (Phi) is 5.77. The van der Waals surface area contributed by atoms with Crippen LogP contribution in [0.3, 0.4) is 0 Å². The largest absolute Gasteiger partial charge is 0.346 e. The van der Waals surface area contributed by atoms with E-state index in [0.717, 1.165) is 25.8 Å². The Morgan fingerprint density at radius 2 is 2.00 bits per heavy atom. The van der Waals surface area contributed by atoms with Crippen LogP contribution in [0.15, 0.2) is 0 Å². The molecule has 0 N–H and O–H groups in total. The predicted octanol–water partition coefficient (Wildman–Crippen LogP) is 2.29. The first kappa shape index (κ1) is 11.5. The van der Waals surface area contributed by atoms with Gasteiger partial charge in [0.2, 0.25) is 5.91 Å². The zero-order valence-corrected chi connectivity index (χ0v) is 8.76. The van der Waals surface area contributed by atoms with Gasteiger partial charge in [-0.2, -0.15) is 0 Å². The van der Waals surface area contributed by atoms with Gasteiger partial charge in [-0.25, -0.2) is 0 Å². The van der Waals surface area contributed by atoms with Crippen LogP contribution in [0.2, 0.25) is 0 Å². The summed E-state index contributed by atoms with van der Waals surface area (Å²) < 4.78 is 0. The molecule has 0 aromatic rings. The Balaban J connectivity index is 3.75. The number of hydrogen-bond acceptors (Lipinski definition) is 1. The third kappa shape index (κ3) is 3.74. The summed E-state index contributed by atoms with van der Waals surface area (Å²) in [6, 6.07) is 0. The van der Waals surface area contributed by atoms with Crippen molar-refractivity contribution in [3.63, 3.8) is 0 Å². The SMILES string of the molecule is CCCCN(C)C(=O)C(C)CC. The molecule has 72 valence electrons. The van der Waals surface area contributed by atoms with E-state index in [1.165, 1.54) is 0 Å². The molecule has 1 amide bonds. The lowest BCUT2D eigenvalue weighted by molar-refractivity contribution is -0.133. The van der Waals surface area contributed by atoms with Gasteiger partial charge in [-0.1, -0.05) is 27.2 Å². The summed E-state index contributed by atoms with van der Waals surface area (Å²) in [5.74, 6) is 0.470. The molecular weight excluding hydrogens is 150 g/mol. The second-order valence-electron chi connectivity index (χ2n) is 3.42. The molecule has 0 aromatic carbocycles. The number of carbonyl (C=O) groups is 1. The van der Waals surface area contributed by atoms with Gasteiger partial charge in [-0.3, -0.25) is 4.79 Å². The molecule has 0 spiro atoms. The van der Waals surface area contributed by atoms with Gasteiger partial charge in [0.25, 0.3) is 0 Å². The van der Waals surface area contributed by atoms with Crippen molar-refractivity contribution in [1.82, 2.24) is 4.90 Å². The fourth-order valence-electron chi connectivity index (χ4n) is 1.06. The highest BCUT2D eigenvalue weighted by molar-refractivity contribution is 5.78. The molecule has 0 bridgehead atoms. The Labute approximate surface area is 75.9 Å². The molecular formula is C10H21NO. The van der Waals surface area contributed by atoms with Crippen molar-refractivity contribution in [2.45, 2.75) is 40.0 Å². The summed E-state index contributed by atoms with van der Waals surface area (Å²) in [6.07, 6.45) is 3.20. The molecule has 0 saturated carbocycles. The third-order valence-electron chi connectivity index (χ3n) is 2.26. The average molecular weight is 171 g/mol. The second kappa shape index (κ2) is 6.04. The molecule has 0 aliphatic carbocycles. The van der Waals surface area contributed by atoms with Gasteiger partial charge in [0.15, 0.2) is 0 Å². The fraction of sp³-hybridized carbons (Fsp3) is 0.900. The van der Waals surface area contributed by atoms with E-state index in [9.17, 15) is 4.79 Å². The normalized spacial score (nSPS) is 12.7. The van der Waals surface area contributed by atoms with E-state index in [0.29, 0.717) is 0 Å². The lowest BCUT2D eigenvalue weighted by Gasteiger charge is -2.20. The van der Waals surface area contributed by atoms with Crippen molar-refractivity contribution in [2.75, 3.05) is 13.6 Å². The first-order valence-corrected chi connectivity index (χ1v) is 4.88. The van der Waals surface area contributed by atoms with Crippen LogP contribution in [0.25, 0.3) is 0 Å². The van der Waals surface area contributed by atoms with Gasteiger partial charge in [-0.05, 0) is 12.8 Å². The van der Waals surface area contributed by atoms with Crippen molar-refractivity contribution in [3.05, 3.63) is 0 Å². The number of carbonyl (C=O) groups excluding carboxylic acids is 1. The van der Waals surface area contributed by atoms with Gasteiger partial charge in [0.05, 0.1) is 0 Å². The lowest BCUT2D eigenvalue weighted by atomic mass is 10.1. The number of nitrogens with zero attached hydrogens (tertiary/aromatic N) is 1. The summed E-state index contributed by atoms with van der Waals surface area (Å²) in [5.41, 5.74) is 0. The lowest BCUT2D eigenvalue weighted by Crippen LogP contribution is -2.32. The van der Waals surface area contributed by atoms with Gasteiger partial charge in [0.1, 0.15) is 0 Å². The standard InChI is InChI=1S/C10H21NO/c1-5-7-8-11(4)10(12)9(3)6-2/h9H,5-8H2,1-4H3. The molecule has 0 aliphatic heterocycles. The minimum absolute atomic E-state index is 0.187.